The molecule has 0 radical (unpaired) electrons. The van der Waals surface area contributed by atoms with Crippen molar-refractivity contribution >= 4 is 22.8 Å². The molecular weight excluding hydrogens is 350 g/mol. The first-order valence-electron chi connectivity index (χ1n) is 8.46. The van der Waals surface area contributed by atoms with Gasteiger partial charge in [0.1, 0.15) is 11.5 Å². The second-order valence-electron chi connectivity index (χ2n) is 6.18. The van der Waals surface area contributed by atoms with E-state index in [0.717, 1.165) is 28.8 Å². The summed E-state index contributed by atoms with van der Waals surface area (Å²) in [5.74, 6) is 1.45. The van der Waals surface area contributed by atoms with Crippen molar-refractivity contribution in [3.8, 4) is 11.5 Å². The van der Waals surface area contributed by atoms with E-state index in [1.807, 2.05) is 54.6 Å². The molecule has 0 spiro atoms. The number of benzene rings is 2. The van der Waals surface area contributed by atoms with Crippen molar-refractivity contribution in [2.24, 2.45) is 0 Å². The Hall–Kier alpha value is -2.31. The highest BCUT2D eigenvalue weighted by Crippen LogP contribution is 2.31. The zero-order chi connectivity index (χ0) is 18.5. The molecule has 3 rings (SSSR count). The Morgan fingerprint density at radius 1 is 1.15 bits per heavy atom. The van der Waals surface area contributed by atoms with Gasteiger partial charge in [-0.15, -0.1) is 0 Å². The zero-order valence-electron chi connectivity index (χ0n) is 14.5. The van der Waals surface area contributed by atoms with Gasteiger partial charge in [-0.05, 0) is 29.8 Å². The molecule has 0 bridgehead atoms. The van der Waals surface area contributed by atoms with E-state index >= 15 is 0 Å². The van der Waals surface area contributed by atoms with Gasteiger partial charge in [-0.2, -0.15) is 0 Å². The number of likely N-dealkylation sites (tertiary alicyclic amines) is 1. The summed E-state index contributed by atoms with van der Waals surface area (Å²) in [5.41, 5.74) is 0.950. The average molecular weight is 371 g/mol. The molecule has 26 heavy (non-hydrogen) atoms. The van der Waals surface area contributed by atoms with E-state index in [9.17, 15) is 14.7 Å². The lowest BCUT2D eigenvalue weighted by Crippen LogP contribution is -2.38. The van der Waals surface area contributed by atoms with Crippen LogP contribution in [-0.2, 0) is 16.1 Å². The van der Waals surface area contributed by atoms with E-state index in [0.29, 0.717) is 6.54 Å². The van der Waals surface area contributed by atoms with Crippen molar-refractivity contribution in [1.82, 2.24) is 4.90 Å². The summed E-state index contributed by atoms with van der Waals surface area (Å²) in [4.78, 5) is 25.3. The third kappa shape index (κ3) is 4.45. The molecule has 1 heterocycles. The van der Waals surface area contributed by atoms with Gasteiger partial charge in [0.05, 0.1) is 12.6 Å². The number of carbonyl (C=O) groups excluding carboxylic acids is 2. The molecule has 0 saturated carbocycles. The number of nitrogens with zero attached hydrogens (tertiary/aromatic N) is 1. The molecule has 0 aromatic heterocycles. The monoisotopic (exact) mass is 371 g/mol. The Balaban J connectivity index is 1.66. The normalized spacial score (nSPS) is 19.6. The van der Waals surface area contributed by atoms with E-state index in [2.05, 4.69) is 0 Å². The number of thioether (sulfide) groups is 1. The predicted molar refractivity (Wildman–Crippen MR) is 101 cm³/mol. The summed E-state index contributed by atoms with van der Waals surface area (Å²) >= 11 is 1.14. The predicted octanol–water partition coefficient (Wildman–Crippen LogP) is 3.22. The summed E-state index contributed by atoms with van der Waals surface area (Å²) in [5, 5.41) is 9.46. The van der Waals surface area contributed by atoms with Crippen LogP contribution in [0.4, 0.5) is 0 Å². The molecule has 1 saturated heterocycles. The molecule has 1 aliphatic heterocycles. The Morgan fingerprint density at radius 2 is 1.81 bits per heavy atom. The number of para-hydroxylation sites is 1. The quantitative estimate of drug-likeness (QED) is 0.844. The molecule has 1 amide bonds. The topological polar surface area (TPSA) is 66.8 Å². The molecule has 6 heteroatoms. The van der Waals surface area contributed by atoms with Crippen LogP contribution in [0, 0.1) is 0 Å². The number of hydrogen-bond acceptors (Lipinski definition) is 5. The van der Waals surface area contributed by atoms with Gasteiger partial charge in [0.2, 0.25) is 5.91 Å². The van der Waals surface area contributed by atoms with Crippen LogP contribution in [0.2, 0.25) is 0 Å². The van der Waals surface area contributed by atoms with Gasteiger partial charge in [-0.3, -0.25) is 9.59 Å². The second-order valence-corrected chi connectivity index (χ2v) is 7.60. The maximum Gasteiger partial charge on any atom is 0.224 e. The molecule has 0 unspecified atom stereocenters. The molecule has 136 valence electrons. The summed E-state index contributed by atoms with van der Waals surface area (Å²) in [6.07, 6.45) is 0.282. The van der Waals surface area contributed by atoms with Crippen LogP contribution in [0.1, 0.15) is 18.9 Å². The van der Waals surface area contributed by atoms with Gasteiger partial charge in [0.15, 0.2) is 5.12 Å². The fourth-order valence-electron chi connectivity index (χ4n) is 3.05. The zero-order valence-corrected chi connectivity index (χ0v) is 15.3. The number of amides is 1. The standard InChI is InChI=1S/C20H21NO4S/c1-14(23)26-19-11-20(24)21(18(19)13-22)12-15-7-9-17(10-8-15)25-16-5-3-2-4-6-16/h2-10,18-19,22H,11-13H2,1H3/t18-,19+/m1/s1. The maximum absolute atomic E-state index is 12.3. The van der Waals surface area contributed by atoms with Crippen LogP contribution >= 0.6 is 11.8 Å². The largest absolute Gasteiger partial charge is 0.457 e. The minimum absolute atomic E-state index is 0.0348. The number of carbonyl (C=O) groups is 2. The van der Waals surface area contributed by atoms with Gasteiger partial charge in [0.25, 0.3) is 0 Å². The van der Waals surface area contributed by atoms with Crippen molar-refractivity contribution < 1.29 is 19.4 Å². The second kappa shape index (κ2) is 8.38. The summed E-state index contributed by atoms with van der Waals surface area (Å²) in [6.45, 7) is 1.74. The summed E-state index contributed by atoms with van der Waals surface area (Å²) in [7, 11) is 0. The van der Waals surface area contributed by atoms with E-state index < -0.39 is 0 Å². The molecule has 2 atom stereocenters. The Bertz CT molecular complexity index is 763. The van der Waals surface area contributed by atoms with Crippen LogP contribution in [0.5, 0.6) is 11.5 Å². The van der Waals surface area contributed by atoms with E-state index in [-0.39, 0.29) is 35.3 Å². The fourth-order valence-corrected chi connectivity index (χ4v) is 4.09. The minimum Gasteiger partial charge on any atom is -0.457 e. The third-order valence-electron chi connectivity index (χ3n) is 4.29. The first-order chi connectivity index (χ1) is 12.6. The number of rotatable bonds is 6. The van der Waals surface area contributed by atoms with Crippen molar-refractivity contribution in [2.75, 3.05) is 6.61 Å². The highest BCUT2D eigenvalue weighted by atomic mass is 32.2. The molecule has 2 aromatic rings. The van der Waals surface area contributed by atoms with Crippen LogP contribution < -0.4 is 4.74 Å². The maximum atomic E-state index is 12.3. The first kappa shape index (κ1) is 18.5. The molecule has 1 aliphatic rings. The SMILES string of the molecule is CC(=O)S[C@H]1CC(=O)N(Cc2ccc(Oc3ccccc3)cc2)[C@@H]1CO. The number of aliphatic hydroxyl groups is 1. The molecule has 5 nitrogen and oxygen atoms in total. The van der Waals surface area contributed by atoms with Gasteiger partial charge < -0.3 is 14.7 Å². The Labute approximate surface area is 157 Å². The summed E-state index contributed by atoms with van der Waals surface area (Å²) in [6, 6.07) is 16.7. The van der Waals surface area contributed by atoms with Crippen molar-refractivity contribution in [1.29, 1.82) is 0 Å². The molecule has 0 aliphatic carbocycles. The molecule has 1 fully saturated rings. The van der Waals surface area contributed by atoms with E-state index in [1.165, 1.54) is 6.92 Å². The minimum atomic E-state index is -0.336. The van der Waals surface area contributed by atoms with Crippen molar-refractivity contribution in [2.45, 2.75) is 31.2 Å². The lowest BCUT2D eigenvalue weighted by atomic mass is 10.2. The lowest BCUT2D eigenvalue weighted by molar-refractivity contribution is -0.130. The van der Waals surface area contributed by atoms with Crippen LogP contribution in [0.3, 0.4) is 0 Å². The van der Waals surface area contributed by atoms with Crippen LogP contribution in [0.25, 0.3) is 0 Å². The van der Waals surface area contributed by atoms with E-state index in [4.69, 9.17) is 4.74 Å². The van der Waals surface area contributed by atoms with Gasteiger partial charge in [-0.1, -0.05) is 42.1 Å². The molecule has 1 N–H and O–H groups in total. The highest BCUT2D eigenvalue weighted by Gasteiger charge is 2.40. The van der Waals surface area contributed by atoms with Crippen LogP contribution in [-0.4, -0.2) is 38.9 Å². The van der Waals surface area contributed by atoms with Crippen LogP contribution in [0.15, 0.2) is 54.6 Å². The number of hydrogen-bond donors (Lipinski definition) is 1. The van der Waals surface area contributed by atoms with Crippen molar-refractivity contribution in [3.05, 3.63) is 60.2 Å². The van der Waals surface area contributed by atoms with E-state index in [1.54, 1.807) is 4.90 Å². The van der Waals surface area contributed by atoms with Gasteiger partial charge in [-0.25, -0.2) is 0 Å². The highest BCUT2D eigenvalue weighted by molar-refractivity contribution is 8.14. The van der Waals surface area contributed by atoms with Gasteiger partial charge in [0, 0.05) is 25.1 Å². The Kier molecular flexibility index (Phi) is 5.96. The number of aliphatic hydroxyl groups excluding tert-OH is 1. The Morgan fingerprint density at radius 3 is 2.42 bits per heavy atom. The number of ether oxygens (including phenoxy) is 1. The fraction of sp³-hybridized carbons (Fsp3) is 0.300. The van der Waals surface area contributed by atoms with Gasteiger partial charge >= 0.3 is 0 Å². The third-order valence-corrected chi connectivity index (χ3v) is 5.40. The molecular formula is C20H21NO4S. The van der Waals surface area contributed by atoms with Crippen molar-refractivity contribution in [3.63, 3.8) is 0 Å². The first-order valence-corrected chi connectivity index (χ1v) is 9.34. The smallest absolute Gasteiger partial charge is 0.224 e. The molecule has 2 aromatic carbocycles. The lowest BCUT2D eigenvalue weighted by Gasteiger charge is -2.26. The average Bonchev–Trinajstić information content (AvgIpc) is 2.91. The summed E-state index contributed by atoms with van der Waals surface area (Å²) < 4.78 is 5.77.